The van der Waals surface area contributed by atoms with Gasteiger partial charge < -0.3 is 14.4 Å². The van der Waals surface area contributed by atoms with Crippen LogP contribution in [0.1, 0.15) is 17.5 Å². The predicted molar refractivity (Wildman–Crippen MR) is 99.2 cm³/mol. The minimum Gasteiger partial charge on any atom is -0.487 e. The van der Waals surface area contributed by atoms with Gasteiger partial charge in [-0.25, -0.2) is 4.39 Å². The molecule has 0 aromatic heterocycles. The lowest BCUT2D eigenvalue weighted by atomic mass is 10.1. The van der Waals surface area contributed by atoms with Crippen LogP contribution in [0.5, 0.6) is 5.75 Å². The number of carbonyl (C=O) groups is 2. The molecule has 1 saturated heterocycles. The molecule has 0 radical (unpaired) electrons. The molecule has 6 heteroatoms. The topological polar surface area (TPSA) is 55.8 Å². The second kappa shape index (κ2) is 8.20. The third kappa shape index (κ3) is 4.27. The molecule has 1 heterocycles. The maximum absolute atomic E-state index is 13.5. The number of aryl methyl sites for hydroxylation is 1. The third-order valence-electron chi connectivity index (χ3n) is 4.75. The van der Waals surface area contributed by atoms with Crippen molar-refractivity contribution in [2.75, 3.05) is 24.7 Å². The minimum absolute atomic E-state index is 0.00132. The van der Waals surface area contributed by atoms with Gasteiger partial charge in [0.2, 0.25) is 5.91 Å². The van der Waals surface area contributed by atoms with Gasteiger partial charge in [0, 0.05) is 18.7 Å². The van der Waals surface area contributed by atoms with Crippen molar-refractivity contribution >= 4 is 17.6 Å². The van der Waals surface area contributed by atoms with E-state index in [0.29, 0.717) is 6.54 Å². The molecule has 0 N–H and O–H groups in total. The standard InChI is InChI=1S/C21H22FNO4/c1-14-6-5-8-18(15(14)2)23-13-16(12-20(23)24)21(25)27-11-10-26-19-9-4-3-7-17(19)22/h3-9,16H,10-13H2,1-2H3/t16-/m1/s1. The van der Waals surface area contributed by atoms with Crippen LogP contribution in [0.2, 0.25) is 0 Å². The molecular formula is C21H22FNO4. The highest BCUT2D eigenvalue weighted by Gasteiger charge is 2.36. The van der Waals surface area contributed by atoms with E-state index in [2.05, 4.69) is 0 Å². The van der Waals surface area contributed by atoms with Gasteiger partial charge in [-0.1, -0.05) is 24.3 Å². The first kappa shape index (κ1) is 18.9. The number of anilines is 1. The molecule has 2 aromatic rings. The molecule has 3 rings (SSSR count). The van der Waals surface area contributed by atoms with Crippen molar-refractivity contribution in [3.63, 3.8) is 0 Å². The molecule has 0 bridgehead atoms. The van der Waals surface area contributed by atoms with Gasteiger partial charge in [0.25, 0.3) is 0 Å². The highest BCUT2D eigenvalue weighted by molar-refractivity contribution is 6.00. The van der Waals surface area contributed by atoms with E-state index in [9.17, 15) is 14.0 Å². The number of rotatable bonds is 6. The van der Waals surface area contributed by atoms with Crippen molar-refractivity contribution < 1.29 is 23.5 Å². The summed E-state index contributed by atoms with van der Waals surface area (Å²) < 4.78 is 23.9. The zero-order valence-corrected chi connectivity index (χ0v) is 15.4. The van der Waals surface area contributed by atoms with E-state index in [4.69, 9.17) is 9.47 Å². The van der Waals surface area contributed by atoms with E-state index in [0.717, 1.165) is 16.8 Å². The van der Waals surface area contributed by atoms with Crippen molar-refractivity contribution in [1.29, 1.82) is 0 Å². The first-order chi connectivity index (χ1) is 13.0. The van der Waals surface area contributed by atoms with Crippen LogP contribution >= 0.6 is 0 Å². The third-order valence-corrected chi connectivity index (χ3v) is 4.75. The average molecular weight is 371 g/mol. The number of para-hydroxylation sites is 1. The van der Waals surface area contributed by atoms with Crippen LogP contribution in [0.3, 0.4) is 0 Å². The van der Waals surface area contributed by atoms with Gasteiger partial charge in [-0.05, 0) is 43.2 Å². The Bertz CT molecular complexity index is 852. The summed E-state index contributed by atoms with van der Waals surface area (Å²) in [6.45, 7) is 4.30. The van der Waals surface area contributed by atoms with E-state index in [1.165, 1.54) is 12.1 Å². The SMILES string of the molecule is Cc1cccc(N2C[C@H](C(=O)OCCOc3ccccc3F)CC2=O)c1C. The molecule has 1 aliphatic heterocycles. The Labute approximate surface area is 157 Å². The van der Waals surface area contributed by atoms with Crippen molar-refractivity contribution in [3.8, 4) is 5.75 Å². The Kier molecular flexibility index (Phi) is 5.74. The van der Waals surface area contributed by atoms with Crippen molar-refractivity contribution in [2.45, 2.75) is 20.3 Å². The summed E-state index contributed by atoms with van der Waals surface area (Å²) in [5.41, 5.74) is 2.95. The Hall–Kier alpha value is -2.89. The van der Waals surface area contributed by atoms with Crippen LogP contribution in [-0.4, -0.2) is 31.6 Å². The van der Waals surface area contributed by atoms with Crippen LogP contribution < -0.4 is 9.64 Å². The molecule has 27 heavy (non-hydrogen) atoms. The average Bonchev–Trinajstić information content (AvgIpc) is 3.04. The first-order valence-electron chi connectivity index (χ1n) is 8.88. The van der Waals surface area contributed by atoms with Gasteiger partial charge in [0.05, 0.1) is 5.92 Å². The Morgan fingerprint density at radius 3 is 2.70 bits per heavy atom. The zero-order chi connectivity index (χ0) is 19.4. The Morgan fingerprint density at radius 1 is 1.15 bits per heavy atom. The molecule has 142 valence electrons. The number of nitrogens with zero attached hydrogens (tertiary/aromatic N) is 1. The number of esters is 1. The van der Waals surface area contributed by atoms with Crippen LogP contribution in [-0.2, 0) is 14.3 Å². The molecule has 1 atom stereocenters. The lowest BCUT2D eigenvalue weighted by Crippen LogP contribution is -2.27. The number of ether oxygens (including phenoxy) is 2. The summed E-state index contributed by atoms with van der Waals surface area (Å²) in [6, 6.07) is 11.8. The van der Waals surface area contributed by atoms with Gasteiger partial charge in [0.1, 0.15) is 13.2 Å². The fourth-order valence-corrected chi connectivity index (χ4v) is 3.10. The van der Waals surface area contributed by atoms with Gasteiger partial charge >= 0.3 is 5.97 Å². The summed E-state index contributed by atoms with van der Waals surface area (Å²) in [4.78, 5) is 26.3. The molecule has 0 unspecified atom stereocenters. The molecule has 0 aliphatic carbocycles. The van der Waals surface area contributed by atoms with Gasteiger partial charge in [-0.2, -0.15) is 0 Å². The maximum atomic E-state index is 13.5. The molecular weight excluding hydrogens is 349 g/mol. The van der Waals surface area contributed by atoms with Gasteiger partial charge in [-0.3, -0.25) is 9.59 Å². The van der Waals surface area contributed by atoms with Crippen LogP contribution in [0.4, 0.5) is 10.1 Å². The lowest BCUT2D eigenvalue weighted by molar-refractivity contribution is -0.149. The monoisotopic (exact) mass is 371 g/mol. The Morgan fingerprint density at radius 2 is 1.93 bits per heavy atom. The van der Waals surface area contributed by atoms with Gasteiger partial charge in [0.15, 0.2) is 11.6 Å². The predicted octanol–water partition coefficient (Wildman–Crippen LogP) is 3.42. The van der Waals surface area contributed by atoms with E-state index in [1.807, 2.05) is 32.0 Å². The summed E-state index contributed by atoms with van der Waals surface area (Å²) in [5.74, 6) is -1.38. The summed E-state index contributed by atoms with van der Waals surface area (Å²) in [5, 5.41) is 0. The largest absolute Gasteiger partial charge is 0.487 e. The first-order valence-corrected chi connectivity index (χ1v) is 8.88. The minimum atomic E-state index is -0.508. The quantitative estimate of drug-likeness (QED) is 0.577. The number of carbonyl (C=O) groups excluding carboxylic acids is 2. The number of amides is 1. The molecule has 0 spiro atoms. The van der Waals surface area contributed by atoms with Crippen molar-refractivity contribution in [1.82, 2.24) is 0 Å². The summed E-state index contributed by atoms with van der Waals surface area (Å²) in [7, 11) is 0. The lowest BCUT2D eigenvalue weighted by Gasteiger charge is -2.20. The van der Waals surface area contributed by atoms with E-state index in [1.54, 1.807) is 17.0 Å². The number of benzene rings is 2. The van der Waals surface area contributed by atoms with Gasteiger partial charge in [-0.15, -0.1) is 0 Å². The highest BCUT2D eigenvalue weighted by Crippen LogP contribution is 2.29. The number of hydrogen-bond donors (Lipinski definition) is 0. The second-order valence-electron chi connectivity index (χ2n) is 6.57. The smallest absolute Gasteiger partial charge is 0.311 e. The molecule has 0 saturated carbocycles. The molecule has 1 amide bonds. The van der Waals surface area contributed by atoms with E-state index < -0.39 is 17.7 Å². The van der Waals surface area contributed by atoms with Crippen LogP contribution in [0.15, 0.2) is 42.5 Å². The van der Waals surface area contributed by atoms with E-state index >= 15 is 0 Å². The normalized spacial score (nSPS) is 16.5. The van der Waals surface area contributed by atoms with E-state index in [-0.39, 0.29) is 31.3 Å². The molecule has 1 aliphatic rings. The summed E-state index contributed by atoms with van der Waals surface area (Å²) >= 11 is 0. The fourth-order valence-electron chi connectivity index (χ4n) is 3.10. The molecule has 5 nitrogen and oxygen atoms in total. The molecule has 2 aromatic carbocycles. The number of halogens is 1. The van der Waals surface area contributed by atoms with Crippen molar-refractivity contribution in [3.05, 3.63) is 59.4 Å². The fraction of sp³-hybridized carbons (Fsp3) is 0.333. The van der Waals surface area contributed by atoms with Crippen LogP contribution in [0.25, 0.3) is 0 Å². The van der Waals surface area contributed by atoms with Crippen LogP contribution in [0, 0.1) is 25.6 Å². The number of hydrogen-bond acceptors (Lipinski definition) is 4. The highest BCUT2D eigenvalue weighted by atomic mass is 19.1. The zero-order valence-electron chi connectivity index (χ0n) is 15.4. The molecule has 1 fully saturated rings. The van der Waals surface area contributed by atoms with Crippen molar-refractivity contribution in [2.24, 2.45) is 5.92 Å². The maximum Gasteiger partial charge on any atom is 0.311 e. The second-order valence-corrected chi connectivity index (χ2v) is 6.57. The summed E-state index contributed by atoms with van der Waals surface area (Å²) in [6.07, 6.45) is 0.125. The Balaban J connectivity index is 1.52.